The van der Waals surface area contributed by atoms with Crippen LogP contribution >= 0.6 is 11.3 Å². The second-order valence-corrected chi connectivity index (χ2v) is 10.7. The van der Waals surface area contributed by atoms with E-state index in [-0.39, 0.29) is 29.2 Å². The molecule has 0 unspecified atom stereocenters. The number of nitrogens with one attached hydrogen (secondary N) is 1. The number of aryl methyl sites for hydroxylation is 1. The summed E-state index contributed by atoms with van der Waals surface area (Å²) < 4.78 is 0. The quantitative estimate of drug-likeness (QED) is 0.735. The van der Waals surface area contributed by atoms with Gasteiger partial charge < -0.3 is 16.0 Å². The van der Waals surface area contributed by atoms with Crippen molar-refractivity contribution < 1.29 is 9.59 Å². The first kappa shape index (κ1) is 23.4. The van der Waals surface area contributed by atoms with Gasteiger partial charge in [0.25, 0.3) is 0 Å². The van der Waals surface area contributed by atoms with Gasteiger partial charge in [-0.05, 0) is 42.7 Å². The van der Waals surface area contributed by atoms with Gasteiger partial charge in [0.2, 0.25) is 11.8 Å². The molecule has 4 atom stereocenters. The second-order valence-electron chi connectivity index (χ2n) is 9.81. The maximum atomic E-state index is 13.1. The molecule has 0 aliphatic carbocycles. The topological polar surface area (TPSA) is 88.3 Å². The van der Waals surface area contributed by atoms with Gasteiger partial charge in [-0.2, -0.15) is 0 Å². The largest absolute Gasteiger partial charge is 0.348 e. The lowest BCUT2D eigenvalue weighted by atomic mass is 9.86. The summed E-state index contributed by atoms with van der Waals surface area (Å²) in [5, 5.41) is 3.10. The molecule has 168 valence electrons. The molecule has 7 heteroatoms. The number of rotatable bonds is 5. The van der Waals surface area contributed by atoms with Gasteiger partial charge in [-0.25, -0.2) is 4.98 Å². The lowest BCUT2D eigenvalue weighted by Gasteiger charge is -2.33. The minimum atomic E-state index is -0.631. The molecule has 1 fully saturated rings. The second kappa shape index (κ2) is 9.09. The van der Waals surface area contributed by atoms with Gasteiger partial charge in [-0.1, -0.05) is 52.0 Å². The van der Waals surface area contributed by atoms with E-state index in [4.69, 9.17) is 5.73 Å². The summed E-state index contributed by atoms with van der Waals surface area (Å²) in [7, 11) is 0. The third-order valence-electron chi connectivity index (χ3n) is 6.07. The Morgan fingerprint density at radius 3 is 2.45 bits per heavy atom. The molecule has 2 heterocycles. The highest BCUT2D eigenvalue weighted by molar-refractivity contribution is 7.13. The average molecular weight is 443 g/mol. The normalized spacial score (nSPS) is 21.1. The van der Waals surface area contributed by atoms with Gasteiger partial charge in [-0.3, -0.25) is 9.59 Å². The minimum absolute atomic E-state index is 0.117. The Morgan fingerprint density at radius 2 is 1.90 bits per heavy atom. The fourth-order valence-electron chi connectivity index (χ4n) is 3.98. The van der Waals surface area contributed by atoms with E-state index in [0.717, 1.165) is 21.7 Å². The van der Waals surface area contributed by atoms with Gasteiger partial charge in [0.05, 0.1) is 28.2 Å². The maximum Gasteiger partial charge on any atom is 0.243 e. The zero-order valence-electron chi connectivity index (χ0n) is 19.3. The molecule has 0 radical (unpaired) electrons. The third-order valence-corrected chi connectivity index (χ3v) is 7.05. The molecular formula is C24H34N4O2S. The van der Waals surface area contributed by atoms with Crippen LogP contribution in [0.1, 0.15) is 58.3 Å². The van der Waals surface area contributed by atoms with Crippen LogP contribution < -0.4 is 11.1 Å². The zero-order valence-corrected chi connectivity index (χ0v) is 20.1. The number of hydrogen-bond donors (Lipinski definition) is 2. The number of benzene rings is 1. The minimum Gasteiger partial charge on any atom is -0.348 e. The summed E-state index contributed by atoms with van der Waals surface area (Å²) in [6, 6.07) is 6.94. The molecule has 0 saturated carbocycles. The summed E-state index contributed by atoms with van der Waals surface area (Å²) in [5.41, 5.74) is 10.9. The SMILES string of the molecule is Cc1ncsc1-c1ccc([C@H](C)NC(=O)[C@@H]2C[C@@H](C)CN2C(=O)[C@@H](N)C(C)(C)C)cc1. The third kappa shape index (κ3) is 5.15. The van der Waals surface area contributed by atoms with Gasteiger partial charge in [0, 0.05) is 6.54 Å². The average Bonchev–Trinajstić information content (AvgIpc) is 3.31. The van der Waals surface area contributed by atoms with Crippen LogP contribution in [0.2, 0.25) is 0 Å². The van der Waals surface area contributed by atoms with Crippen molar-refractivity contribution in [1.29, 1.82) is 0 Å². The van der Waals surface area contributed by atoms with E-state index in [9.17, 15) is 9.59 Å². The van der Waals surface area contributed by atoms with Crippen LogP contribution in [0, 0.1) is 18.3 Å². The molecule has 31 heavy (non-hydrogen) atoms. The standard InChI is InChI=1S/C24H34N4O2S/c1-14-11-19(28(12-14)23(30)21(25)24(4,5)6)22(29)27-15(2)17-7-9-18(10-8-17)20-16(3)26-13-31-20/h7-10,13-15,19,21H,11-12,25H2,1-6H3,(H,27,29)/t14-,15+,19+,21-/m1/s1. The van der Waals surface area contributed by atoms with Gasteiger partial charge in [0.1, 0.15) is 6.04 Å². The van der Waals surface area contributed by atoms with E-state index in [1.807, 2.05) is 52.3 Å². The number of carbonyl (C=O) groups excluding carboxylic acids is 2. The maximum absolute atomic E-state index is 13.1. The first-order chi connectivity index (χ1) is 14.5. The van der Waals surface area contributed by atoms with E-state index in [1.165, 1.54) is 0 Å². The highest BCUT2D eigenvalue weighted by atomic mass is 32.1. The van der Waals surface area contributed by atoms with Crippen LogP contribution in [0.4, 0.5) is 0 Å². The summed E-state index contributed by atoms with van der Waals surface area (Å²) in [6.45, 7) is 12.5. The van der Waals surface area contributed by atoms with Crippen molar-refractivity contribution >= 4 is 23.2 Å². The molecule has 1 aromatic heterocycles. The number of aromatic nitrogens is 1. The van der Waals surface area contributed by atoms with Crippen molar-refractivity contribution in [3.05, 3.63) is 41.0 Å². The summed E-state index contributed by atoms with van der Waals surface area (Å²) in [5.74, 6) is 0.00623. The van der Waals surface area contributed by atoms with Crippen LogP contribution in [-0.2, 0) is 9.59 Å². The van der Waals surface area contributed by atoms with Crippen molar-refractivity contribution in [2.24, 2.45) is 17.1 Å². The van der Waals surface area contributed by atoms with Crippen molar-refractivity contribution in [1.82, 2.24) is 15.2 Å². The Hall–Kier alpha value is -2.25. The Bertz CT molecular complexity index is 932. The number of amides is 2. The first-order valence-corrected chi connectivity index (χ1v) is 11.7. The van der Waals surface area contributed by atoms with E-state index in [1.54, 1.807) is 16.2 Å². The summed E-state index contributed by atoms with van der Waals surface area (Å²) >= 11 is 1.62. The predicted molar refractivity (Wildman–Crippen MR) is 126 cm³/mol. The summed E-state index contributed by atoms with van der Waals surface area (Å²) in [6.07, 6.45) is 0.657. The number of thiazole rings is 1. The molecule has 1 aromatic carbocycles. The van der Waals surface area contributed by atoms with Gasteiger partial charge >= 0.3 is 0 Å². The highest BCUT2D eigenvalue weighted by Crippen LogP contribution is 2.30. The lowest BCUT2D eigenvalue weighted by Crippen LogP contribution is -2.55. The van der Waals surface area contributed by atoms with Crippen molar-refractivity contribution in [2.75, 3.05) is 6.54 Å². The number of nitrogens with zero attached hydrogens (tertiary/aromatic N) is 2. The predicted octanol–water partition coefficient (Wildman–Crippen LogP) is 3.91. The Labute approximate surface area is 189 Å². The van der Waals surface area contributed by atoms with E-state index >= 15 is 0 Å². The Morgan fingerprint density at radius 1 is 1.26 bits per heavy atom. The van der Waals surface area contributed by atoms with E-state index in [2.05, 4.69) is 29.4 Å². The van der Waals surface area contributed by atoms with E-state index in [0.29, 0.717) is 13.0 Å². The lowest BCUT2D eigenvalue weighted by molar-refractivity contribution is -0.141. The zero-order chi connectivity index (χ0) is 22.9. The first-order valence-electron chi connectivity index (χ1n) is 10.9. The smallest absolute Gasteiger partial charge is 0.243 e. The molecule has 1 saturated heterocycles. The number of nitrogens with two attached hydrogens (primary N) is 1. The molecule has 2 aromatic rings. The van der Waals surface area contributed by atoms with Crippen LogP contribution in [0.5, 0.6) is 0 Å². The van der Waals surface area contributed by atoms with Crippen LogP contribution in [0.25, 0.3) is 10.4 Å². The van der Waals surface area contributed by atoms with Crippen molar-refractivity contribution in [2.45, 2.75) is 66.1 Å². The monoisotopic (exact) mass is 442 g/mol. The molecule has 1 aliphatic heterocycles. The fraction of sp³-hybridized carbons (Fsp3) is 0.542. The van der Waals surface area contributed by atoms with Crippen LogP contribution in [0.15, 0.2) is 29.8 Å². The van der Waals surface area contributed by atoms with Crippen molar-refractivity contribution in [3.63, 3.8) is 0 Å². The Balaban J connectivity index is 1.69. The Kier molecular flexibility index (Phi) is 6.86. The van der Waals surface area contributed by atoms with Gasteiger partial charge in [-0.15, -0.1) is 11.3 Å². The molecular weight excluding hydrogens is 408 g/mol. The number of likely N-dealkylation sites (tertiary alicyclic amines) is 1. The molecule has 2 amide bonds. The molecule has 3 rings (SSSR count). The van der Waals surface area contributed by atoms with E-state index < -0.39 is 12.1 Å². The molecule has 0 bridgehead atoms. The molecule has 0 spiro atoms. The summed E-state index contributed by atoms with van der Waals surface area (Å²) in [4.78, 5) is 33.3. The van der Waals surface area contributed by atoms with Gasteiger partial charge in [0.15, 0.2) is 0 Å². The number of hydrogen-bond acceptors (Lipinski definition) is 5. The molecule has 6 nitrogen and oxygen atoms in total. The van der Waals surface area contributed by atoms with Crippen LogP contribution in [0.3, 0.4) is 0 Å². The fourth-order valence-corrected chi connectivity index (χ4v) is 4.79. The van der Waals surface area contributed by atoms with Crippen molar-refractivity contribution in [3.8, 4) is 10.4 Å². The number of carbonyl (C=O) groups is 2. The molecule has 3 N–H and O–H groups in total. The molecule has 1 aliphatic rings. The highest BCUT2D eigenvalue weighted by Gasteiger charge is 2.42. The van der Waals surface area contributed by atoms with Crippen LogP contribution in [-0.4, -0.2) is 40.3 Å².